The Kier molecular flexibility index (Phi) is 6.67. The average Bonchev–Trinajstić information content (AvgIpc) is 3.16. The first kappa shape index (κ1) is 20.3. The fourth-order valence-corrected chi connectivity index (χ4v) is 4.49. The third-order valence-corrected chi connectivity index (χ3v) is 5.93. The van der Waals surface area contributed by atoms with Crippen LogP contribution in [0, 0.1) is 0 Å². The molecule has 1 aromatic heterocycles. The van der Waals surface area contributed by atoms with Gasteiger partial charge in [0.1, 0.15) is 17.2 Å². The van der Waals surface area contributed by atoms with E-state index < -0.39 is 5.91 Å². The number of piperidine rings is 1. The van der Waals surface area contributed by atoms with E-state index in [2.05, 4.69) is 10.3 Å². The third kappa shape index (κ3) is 4.52. The second-order valence-corrected chi connectivity index (χ2v) is 7.59. The SMILES string of the molecule is Cl.NC(=O)c1nc(C2CCNCC2)sc1-c1ccc(Oc2ccccc2)cc1. The first-order valence-corrected chi connectivity index (χ1v) is 9.87. The Hall–Kier alpha value is -2.41. The van der Waals surface area contributed by atoms with E-state index in [9.17, 15) is 4.79 Å². The van der Waals surface area contributed by atoms with E-state index in [4.69, 9.17) is 10.5 Å². The highest BCUT2D eigenvalue weighted by molar-refractivity contribution is 7.15. The molecule has 0 unspecified atom stereocenters. The molecule has 0 bridgehead atoms. The molecule has 0 radical (unpaired) electrons. The number of amides is 1. The highest BCUT2D eigenvalue weighted by Crippen LogP contribution is 2.37. The molecule has 3 aromatic rings. The highest BCUT2D eigenvalue weighted by Gasteiger charge is 2.24. The number of rotatable bonds is 5. The van der Waals surface area contributed by atoms with Crippen LogP contribution in [0.3, 0.4) is 0 Å². The van der Waals surface area contributed by atoms with Crippen molar-refractivity contribution in [3.05, 3.63) is 65.3 Å². The smallest absolute Gasteiger partial charge is 0.268 e. The van der Waals surface area contributed by atoms with Crippen LogP contribution in [0.15, 0.2) is 54.6 Å². The molecule has 3 N–H and O–H groups in total. The van der Waals surface area contributed by atoms with Crippen molar-refractivity contribution in [2.75, 3.05) is 13.1 Å². The summed E-state index contributed by atoms with van der Waals surface area (Å²) in [6.45, 7) is 1.97. The molecule has 0 aliphatic carbocycles. The van der Waals surface area contributed by atoms with Crippen molar-refractivity contribution in [2.24, 2.45) is 5.73 Å². The number of ether oxygens (including phenoxy) is 1. The van der Waals surface area contributed by atoms with Crippen LogP contribution in [-0.4, -0.2) is 24.0 Å². The van der Waals surface area contributed by atoms with Gasteiger partial charge in [-0.25, -0.2) is 4.98 Å². The number of thiazole rings is 1. The van der Waals surface area contributed by atoms with Crippen molar-refractivity contribution in [3.63, 3.8) is 0 Å². The molecular formula is C21H22ClN3O2S. The Morgan fingerprint density at radius 1 is 1.04 bits per heavy atom. The van der Waals surface area contributed by atoms with Gasteiger partial charge in [0, 0.05) is 5.92 Å². The molecule has 1 aliphatic heterocycles. The minimum Gasteiger partial charge on any atom is -0.457 e. The van der Waals surface area contributed by atoms with Crippen molar-refractivity contribution < 1.29 is 9.53 Å². The molecule has 1 fully saturated rings. The summed E-state index contributed by atoms with van der Waals surface area (Å²) < 4.78 is 5.84. The van der Waals surface area contributed by atoms with Gasteiger partial charge in [-0.3, -0.25) is 4.79 Å². The van der Waals surface area contributed by atoms with E-state index in [0.717, 1.165) is 52.9 Å². The van der Waals surface area contributed by atoms with Crippen LogP contribution in [0.4, 0.5) is 0 Å². The van der Waals surface area contributed by atoms with Gasteiger partial charge in [0.25, 0.3) is 5.91 Å². The van der Waals surface area contributed by atoms with E-state index in [1.165, 1.54) is 0 Å². The number of para-hydroxylation sites is 1. The Bertz CT molecular complexity index is 923. The zero-order valence-corrected chi connectivity index (χ0v) is 16.9. The molecule has 5 nitrogen and oxygen atoms in total. The highest BCUT2D eigenvalue weighted by atomic mass is 35.5. The molecule has 146 valence electrons. The molecule has 1 aliphatic rings. The Morgan fingerprint density at radius 2 is 1.68 bits per heavy atom. The van der Waals surface area contributed by atoms with E-state index in [-0.39, 0.29) is 12.4 Å². The van der Waals surface area contributed by atoms with Crippen LogP contribution < -0.4 is 15.8 Å². The molecular weight excluding hydrogens is 394 g/mol. The van der Waals surface area contributed by atoms with Crippen molar-refractivity contribution >= 4 is 29.7 Å². The van der Waals surface area contributed by atoms with Crippen molar-refractivity contribution in [1.82, 2.24) is 10.3 Å². The van der Waals surface area contributed by atoms with Gasteiger partial charge in [0.15, 0.2) is 0 Å². The summed E-state index contributed by atoms with van der Waals surface area (Å²) >= 11 is 1.58. The number of nitrogens with two attached hydrogens (primary N) is 1. The molecule has 2 aromatic carbocycles. The van der Waals surface area contributed by atoms with E-state index in [0.29, 0.717) is 11.6 Å². The number of carbonyl (C=O) groups excluding carboxylic acids is 1. The molecule has 4 rings (SSSR count). The summed E-state index contributed by atoms with van der Waals surface area (Å²) in [7, 11) is 0. The van der Waals surface area contributed by atoms with Crippen LogP contribution >= 0.6 is 23.7 Å². The lowest BCUT2D eigenvalue weighted by molar-refractivity contribution is 0.0996. The monoisotopic (exact) mass is 415 g/mol. The van der Waals surface area contributed by atoms with Crippen LogP contribution in [-0.2, 0) is 0 Å². The molecule has 1 saturated heterocycles. The van der Waals surface area contributed by atoms with E-state index in [1.807, 2.05) is 54.6 Å². The average molecular weight is 416 g/mol. The molecule has 28 heavy (non-hydrogen) atoms. The van der Waals surface area contributed by atoms with Crippen molar-refractivity contribution in [2.45, 2.75) is 18.8 Å². The first-order chi connectivity index (χ1) is 13.2. The van der Waals surface area contributed by atoms with Gasteiger partial charge in [0.2, 0.25) is 0 Å². The third-order valence-electron chi connectivity index (χ3n) is 4.66. The Labute approximate surface area is 174 Å². The predicted molar refractivity (Wildman–Crippen MR) is 115 cm³/mol. The molecule has 0 spiro atoms. The first-order valence-electron chi connectivity index (χ1n) is 9.05. The maximum absolute atomic E-state index is 11.9. The lowest BCUT2D eigenvalue weighted by Gasteiger charge is -2.20. The largest absolute Gasteiger partial charge is 0.457 e. The number of hydrogen-bond acceptors (Lipinski definition) is 5. The van der Waals surface area contributed by atoms with Crippen molar-refractivity contribution in [3.8, 4) is 21.9 Å². The Balaban J connectivity index is 0.00000225. The minimum absolute atomic E-state index is 0. The number of hydrogen-bond donors (Lipinski definition) is 2. The summed E-state index contributed by atoms with van der Waals surface area (Å²) in [4.78, 5) is 17.3. The lowest BCUT2D eigenvalue weighted by atomic mass is 9.99. The van der Waals surface area contributed by atoms with Gasteiger partial charge in [-0.1, -0.05) is 18.2 Å². The van der Waals surface area contributed by atoms with Gasteiger partial charge in [-0.15, -0.1) is 23.7 Å². The van der Waals surface area contributed by atoms with E-state index in [1.54, 1.807) is 11.3 Å². The molecule has 1 amide bonds. The molecule has 2 heterocycles. The Morgan fingerprint density at radius 3 is 2.32 bits per heavy atom. The van der Waals surface area contributed by atoms with Gasteiger partial charge < -0.3 is 15.8 Å². The fraction of sp³-hybridized carbons (Fsp3) is 0.238. The number of primary amides is 1. The predicted octanol–water partition coefficient (Wildman–Crippen LogP) is 4.59. The summed E-state index contributed by atoms with van der Waals surface area (Å²) in [6.07, 6.45) is 2.07. The maximum atomic E-state index is 11.9. The van der Waals surface area contributed by atoms with Crippen LogP contribution in [0.1, 0.15) is 34.3 Å². The number of carbonyl (C=O) groups is 1. The summed E-state index contributed by atoms with van der Waals surface area (Å²) in [5.74, 6) is 1.44. The summed E-state index contributed by atoms with van der Waals surface area (Å²) in [5, 5.41) is 4.36. The van der Waals surface area contributed by atoms with Gasteiger partial charge in [-0.2, -0.15) is 0 Å². The van der Waals surface area contributed by atoms with Gasteiger partial charge in [0.05, 0.1) is 9.88 Å². The molecule has 0 saturated carbocycles. The zero-order chi connectivity index (χ0) is 18.6. The standard InChI is InChI=1S/C21H21N3O2S.ClH/c22-20(25)18-19(27-21(24-18)15-10-12-23-13-11-15)14-6-8-17(9-7-14)26-16-4-2-1-3-5-16;/h1-9,15,23H,10-13H2,(H2,22,25);1H. The van der Waals surface area contributed by atoms with E-state index >= 15 is 0 Å². The summed E-state index contributed by atoms with van der Waals surface area (Å²) in [5.41, 5.74) is 6.89. The normalized spacial score (nSPS) is 14.3. The second-order valence-electron chi connectivity index (χ2n) is 6.56. The minimum atomic E-state index is -0.481. The lowest BCUT2D eigenvalue weighted by Crippen LogP contribution is -2.26. The van der Waals surface area contributed by atoms with Gasteiger partial charge in [-0.05, 0) is 67.9 Å². The molecule has 0 atom stereocenters. The fourth-order valence-electron chi connectivity index (χ4n) is 3.24. The second kappa shape index (κ2) is 9.19. The number of nitrogens with zero attached hydrogens (tertiary/aromatic N) is 1. The van der Waals surface area contributed by atoms with Gasteiger partial charge >= 0.3 is 0 Å². The van der Waals surface area contributed by atoms with Crippen LogP contribution in [0.2, 0.25) is 0 Å². The van der Waals surface area contributed by atoms with Crippen LogP contribution in [0.5, 0.6) is 11.5 Å². The summed E-state index contributed by atoms with van der Waals surface area (Å²) in [6, 6.07) is 17.3. The molecule has 7 heteroatoms. The quantitative estimate of drug-likeness (QED) is 0.638. The topological polar surface area (TPSA) is 77.2 Å². The van der Waals surface area contributed by atoms with Crippen LogP contribution in [0.25, 0.3) is 10.4 Å². The maximum Gasteiger partial charge on any atom is 0.268 e. The number of benzene rings is 2. The van der Waals surface area contributed by atoms with Crippen molar-refractivity contribution in [1.29, 1.82) is 0 Å². The number of aromatic nitrogens is 1. The number of halogens is 1. The zero-order valence-electron chi connectivity index (χ0n) is 15.3. The number of nitrogens with one attached hydrogen (secondary N) is 1.